The number of aromatic nitrogens is 5. The van der Waals surface area contributed by atoms with E-state index in [1.165, 1.54) is 24.0 Å². The molecule has 0 saturated heterocycles. The first kappa shape index (κ1) is 29.6. The van der Waals surface area contributed by atoms with Crippen molar-refractivity contribution < 1.29 is 9.50 Å². The van der Waals surface area contributed by atoms with Crippen LogP contribution >= 0.6 is 0 Å². The van der Waals surface area contributed by atoms with Crippen LogP contribution in [-0.2, 0) is 19.1 Å². The van der Waals surface area contributed by atoms with Gasteiger partial charge in [-0.05, 0) is 47.4 Å². The third-order valence-electron chi connectivity index (χ3n) is 7.52. The summed E-state index contributed by atoms with van der Waals surface area (Å²) in [6, 6.07) is 13.5. The third-order valence-corrected chi connectivity index (χ3v) is 7.52. The largest absolute Gasteiger partial charge is 0.392 e. The van der Waals surface area contributed by atoms with E-state index < -0.39 is 18.0 Å². The van der Waals surface area contributed by atoms with Gasteiger partial charge >= 0.3 is 0 Å². The van der Waals surface area contributed by atoms with Crippen LogP contribution in [0, 0.1) is 5.82 Å². The molecule has 2 aromatic carbocycles. The monoisotopic (exact) mass is 583 g/mol. The second-order valence-corrected chi connectivity index (χ2v) is 11.7. The normalized spacial score (nSPS) is 11.7. The average Bonchev–Trinajstić information content (AvgIpc) is 2.97. The standard InChI is InChI=1S/C32H34FN7O3/c1-32(2,3)20-13-19-16-35-40(31(43)29(19)24(33)14-20)26-10-8-9-22(23(26)18-41)25-15-27(30(42)39(7)36-25)38(6)28-12-11-21(17-34-28)37(4)5/h8-17,41H,18H2,1-7H3. The molecule has 5 rings (SSSR count). The minimum absolute atomic E-state index is 0.0887. The molecule has 0 unspecified atom stereocenters. The Kier molecular flexibility index (Phi) is 7.61. The molecule has 1 N–H and O–H groups in total. The van der Waals surface area contributed by atoms with Crippen molar-refractivity contribution in [3.63, 3.8) is 0 Å². The summed E-state index contributed by atoms with van der Waals surface area (Å²) in [5, 5.41) is 19.6. The van der Waals surface area contributed by atoms with Crippen molar-refractivity contribution in [2.45, 2.75) is 32.8 Å². The zero-order chi connectivity index (χ0) is 31.2. The van der Waals surface area contributed by atoms with E-state index in [0.717, 1.165) is 15.9 Å². The van der Waals surface area contributed by atoms with E-state index in [-0.39, 0.29) is 22.0 Å². The van der Waals surface area contributed by atoms with Crippen LogP contribution in [0.1, 0.15) is 31.9 Å². The van der Waals surface area contributed by atoms with Gasteiger partial charge in [-0.3, -0.25) is 9.59 Å². The SMILES string of the molecule is CN(C)c1ccc(N(C)c2cc(-c3cccc(-n4ncc5cc(C(C)(C)C)cc(F)c5c4=O)c3CO)nn(C)c2=O)nc1. The van der Waals surface area contributed by atoms with Crippen LogP contribution < -0.4 is 20.9 Å². The predicted molar refractivity (Wildman–Crippen MR) is 167 cm³/mol. The molecular weight excluding hydrogens is 549 g/mol. The molecule has 0 amide bonds. The highest BCUT2D eigenvalue weighted by molar-refractivity contribution is 5.83. The molecule has 0 aliphatic heterocycles. The van der Waals surface area contributed by atoms with Gasteiger partial charge in [0.05, 0.1) is 41.5 Å². The number of benzene rings is 2. The van der Waals surface area contributed by atoms with Gasteiger partial charge in [-0.15, -0.1) is 0 Å². The molecule has 0 radical (unpaired) electrons. The molecular formula is C32H34FN7O3. The molecule has 0 atom stereocenters. The van der Waals surface area contributed by atoms with E-state index in [9.17, 15) is 14.7 Å². The smallest absolute Gasteiger partial charge is 0.290 e. The highest BCUT2D eigenvalue weighted by Gasteiger charge is 2.22. The maximum Gasteiger partial charge on any atom is 0.290 e. The number of halogens is 1. The van der Waals surface area contributed by atoms with Crippen molar-refractivity contribution >= 4 is 28.0 Å². The summed E-state index contributed by atoms with van der Waals surface area (Å²) in [4.78, 5) is 34.8. The lowest BCUT2D eigenvalue weighted by Gasteiger charge is -2.21. The molecule has 11 heteroatoms. The van der Waals surface area contributed by atoms with Crippen molar-refractivity contribution in [2.75, 3.05) is 30.9 Å². The molecule has 43 heavy (non-hydrogen) atoms. The fourth-order valence-corrected chi connectivity index (χ4v) is 4.95. The number of aliphatic hydroxyl groups excluding tert-OH is 1. The number of hydrogen-bond acceptors (Lipinski definition) is 8. The van der Waals surface area contributed by atoms with E-state index in [1.807, 2.05) is 51.9 Å². The van der Waals surface area contributed by atoms with E-state index in [2.05, 4.69) is 15.2 Å². The van der Waals surface area contributed by atoms with Crippen LogP contribution in [0.15, 0.2) is 70.5 Å². The second-order valence-electron chi connectivity index (χ2n) is 11.7. The molecule has 3 heterocycles. The Balaban J connectivity index is 1.64. The Bertz CT molecular complexity index is 1960. The molecule has 0 fully saturated rings. The van der Waals surface area contributed by atoms with E-state index in [4.69, 9.17) is 0 Å². The van der Waals surface area contributed by atoms with Gasteiger partial charge in [0, 0.05) is 44.7 Å². The average molecular weight is 584 g/mol. The molecule has 222 valence electrons. The molecule has 0 bridgehead atoms. The summed E-state index contributed by atoms with van der Waals surface area (Å²) in [7, 11) is 7.11. The van der Waals surface area contributed by atoms with Gasteiger partial charge in [0.2, 0.25) is 0 Å². The minimum atomic E-state index is -0.650. The number of anilines is 3. The predicted octanol–water partition coefficient (Wildman–Crippen LogP) is 4.30. The fraction of sp³-hybridized carbons (Fsp3) is 0.281. The zero-order valence-electron chi connectivity index (χ0n) is 25.3. The molecule has 3 aromatic heterocycles. The van der Waals surface area contributed by atoms with Gasteiger partial charge < -0.3 is 14.9 Å². The lowest BCUT2D eigenvalue weighted by molar-refractivity contribution is 0.281. The maximum absolute atomic E-state index is 15.3. The quantitative estimate of drug-likeness (QED) is 0.315. The lowest BCUT2D eigenvalue weighted by Crippen LogP contribution is -2.28. The van der Waals surface area contributed by atoms with Crippen LogP contribution in [0.4, 0.5) is 21.6 Å². The van der Waals surface area contributed by atoms with Crippen molar-refractivity contribution in [1.29, 1.82) is 0 Å². The first-order valence-electron chi connectivity index (χ1n) is 13.7. The Morgan fingerprint density at radius 3 is 2.35 bits per heavy atom. The fourth-order valence-electron chi connectivity index (χ4n) is 4.95. The summed E-state index contributed by atoms with van der Waals surface area (Å²) >= 11 is 0. The van der Waals surface area contributed by atoms with Crippen LogP contribution in [0.5, 0.6) is 0 Å². The van der Waals surface area contributed by atoms with E-state index >= 15 is 4.39 Å². The Labute approximate surface area is 248 Å². The third kappa shape index (κ3) is 5.39. The lowest BCUT2D eigenvalue weighted by atomic mass is 9.86. The van der Waals surface area contributed by atoms with Gasteiger partial charge in [0.25, 0.3) is 11.1 Å². The highest BCUT2D eigenvalue weighted by atomic mass is 19.1. The number of hydrogen-bond donors (Lipinski definition) is 1. The molecule has 0 spiro atoms. The summed E-state index contributed by atoms with van der Waals surface area (Å²) in [6.45, 7) is 5.44. The van der Waals surface area contributed by atoms with Gasteiger partial charge in [-0.1, -0.05) is 32.9 Å². The minimum Gasteiger partial charge on any atom is -0.392 e. The van der Waals surface area contributed by atoms with Crippen LogP contribution in [0.3, 0.4) is 0 Å². The number of aryl methyl sites for hydroxylation is 1. The molecule has 5 aromatic rings. The molecule has 10 nitrogen and oxygen atoms in total. The number of nitrogens with zero attached hydrogens (tertiary/aromatic N) is 7. The molecule has 0 saturated carbocycles. The van der Waals surface area contributed by atoms with Crippen LogP contribution in [0.25, 0.3) is 27.7 Å². The molecule has 0 aliphatic rings. The van der Waals surface area contributed by atoms with E-state index in [0.29, 0.717) is 33.7 Å². The van der Waals surface area contributed by atoms with Crippen molar-refractivity contribution in [3.8, 4) is 16.9 Å². The highest BCUT2D eigenvalue weighted by Crippen LogP contribution is 2.31. The number of rotatable bonds is 6. The van der Waals surface area contributed by atoms with Crippen LogP contribution in [-0.4, -0.2) is 50.8 Å². The first-order valence-corrected chi connectivity index (χ1v) is 13.7. The number of aliphatic hydroxyl groups is 1. The molecule has 0 aliphatic carbocycles. The summed E-state index contributed by atoms with van der Waals surface area (Å²) in [5.74, 6) is -0.0792. The number of pyridine rings is 1. The van der Waals surface area contributed by atoms with Gasteiger partial charge in [0.15, 0.2) is 0 Å². The van der Waals surface area contributed by atoms with Crippen molar-refractivity contribution in [3.05, 3.63) is 98.6 Å². The topological polar surface area (TPSA) is 109 Å². The van der Waals surface area contributed by atoms with Crippen molar-refractivity contribution in [1.82, 2.24) is 24.5 Å². The Hall–Kier alpha value is -4.90. The summed E-state index contributed by atoms with van der Waals surface area (Å²) in [6.07, 6.45) is 3.17. The van der Waals surface area contributed by atoms with Gasteiger partial charge in [-0.25, -0.2) is 14.1 Å². The summed E-state index contributed by atoms with van der Waals surface area (Å²) < 4.78 is 17.6. The Morgan fingerprint density at radius 1 is 0.977 bits per heavy atom. The second kappa shape index (κ2) is 11.1. The van der Waals surface area contributed by atoms with E-state index in [1.54, 1.807) is 48.5 Å². The summed E-state index contributed by atoms with van der Waals surface area (Å²) in [5.41, 5.74) is 2.15. The Morgan fingerprint density at radius 2 is 1.72 bits per heavy atom. The zero-order valence-corrected chi connectivity index (χ0v) is 25.3. The van der Waals surface area contributed by atoms with Gasteiger partial charge in [-0.2, -0.15) is 14.9 Å². The first-order chi connectivity index (χ1) is 20.3. The van der Waals surface area contributed by atoms with Crippen LogP contribution in [0.2, 0.25) is 0 Å². The van der Waals surface area contributed by atoms with Gasteiger partial charge in [0.1, 0.15) is 17.3 Å². The maximum atomic E-state index is 15.3. The van der Waals surface area contributed by atoms with Crippen molar-refractivity contribution in [2.24, 2.45) is 7.05 Å². The number of fused-ring (bicyclic) bond motifs is 1.